The van der Waals surface area contributed by atoms with Gasteiger partial charge in [-0.05, 0) is 102 Å². The Kier molecular flexibility index (Phi) is 38.0. The molecule has 0 heterocycles. The third-order valence-corrected chi connectivity index (χ3v) is 7.47. The average molecular weight is 1170 g/mol. The minimum Gasteiger partial charge on any atom is -0.876 e. The second kappa shape index (κ2) is 39.3. The van der Waals surface area contributed by atoms with Crippen molar-refractivity contribution in [3.63, 3.8) is 0 Å². The predicted molar refractivity (Wildman–Crippen MR) is 279 cm³/mol. The van der Waals surface area contributed by atoms with Crippen molar-refractivity contribution in [3.8, 4) is 23.0 Å². The summed E-state index contributed by atoms with van der Waals surface area (Å²) in [6.45, 7) is 15.6. The van der Waals surface area contributed by atoms with Gasteiger partial charge in [-0.15, -0.1) is 34.3 Å². The number of hydrogen-bond donors (Lipinski definition) is 0. The molecule has 5 aromatic rings. The van der Waals surface area contributed by atoms with Crippen LogP contribution in [0.1, 0.15) is 55.4 Å². The molecule has 0 saturated heterocycles. The zero-order chi connectivity index (χ0) is 51.0. The average Bonchev–Trinajstić information content (AvgIpc) is 3.24. The van der Waals surface area contributed by atoms with Gasteiger partial charge in [-0.1, -0.05) is 144 Å². The molecule has 20 heteroatoms. The van der Waals surface area contributed by atoms with Gasteiger partial charge in [-0.2, -0.15) is 22.7 Å². The number of ketones is 2. The van der Waals surface area contributed by atoms with Gasteiger partial charge in [0.15, 0.2) is 20.2 Å². The molecule has 2 radical (unpaired) electrons. The van der Waals surface area contributed by atoms with E-state index in [-0.39, 0.29) is 56.1 Å². The van der Waals surface area contributed by atoms with Crippen molar-refractivity contribution >= 4 is 127 Å². The van der Waals surface area contributed by atoms with E-state index in [2.05, 4.69) is 0 Å². The van der Waals surface area contributed by atoms with Crippen LogP contribution in [0, 0.1) is 0 Å². The fourth-order valence-corrected chi connectivity index (χ4v) is 5.18. The third kappa shape index (κ3) is 32.5. The molecule has 0 aliphatic rings. The second-order valence-electron chi connectivity index (χ2n) is 13.2. The Hall–Kier alpha value is -4.35. The van der Waals surface area contributed by atoms with Gasteiger partial charge in [0.25, 0.3) is 0 Å². The van der Waals surface area contributed by atoms with Gasteiger partial charge in [0.05, 0.1) is 26.4 Å². The summed E-state index contributed by atoms with van der Waals surface area (Å²) in [5.74, 6) is 2.40. The zero-order valence-corrected chi connectivity index (χ0v) is 46.0. The van der Waals surface area contributed by atoms with Gasteiger partial charge in [-0.25, -0.2) is 0 Å². The summed E-state index contributed by atoms with van der Waals surface area (Å²) in [7, 11) is 0. The van der Waals surface area contributed by atoms with E-state index in [1.807, 2.05) is 137 Å². The molecule has 0 fully saturated rings. The number of alkyl halides is 6. The second-order valence-corrected chi connectivity index (χ2v) is 17.2. The Morgan fingerprint density at radius 1 is 0.429 bits per heavy atom. The number of allylic oxidation sites excluding steroid dienone is 4. The molecule has 70 heavy (non-hydrogen) atoms. The molecule has 0 aliphatic heterocycles. The minimum absolute atomic E-state index is 0. The van der Waals surface area contributed by atoms with Crippen LogP contribution in [0.2, 0.25) is 0 Å². The maximum atomic E-state index is 9.98. The first-order valence-electron chi connectivity index (χ1n) is 20.8. The number of halogens is 6. The van der Waals surface area contributed by atoms with Crippen LogP contribution in [0.4, 0.5) is 45.5 Å². The first kappa shape index (κ1) is 67.7. The SMILES string of the molecule is CC(=O)/C=C(/C)[O-].CC(=O)/C=C(/C)[O-].CCOc1ccc([N-]c2cc([N-]c3ccc(OCC)cc3)c([N-]c3ccc(OCC)cc3)cc2[N-]c2ccc(OCC)cc2)cc1.ClC(Cl)Cl.ClC(Cl)Cl.[Ni+3].[Ni+3]. The van der Waals surface area contributed by atoms with Crippen LogP contribution in [-0.4, -0.2) is 46.6 Å². The molecule has 0 amide bonds. The molecular formula is C50H54Cl6N4Ni2O8. The van der Waals surface area contributed by atoms with E-state index in [0.717, 1.165) is 57.9 Å². The monoisotopic (exact) mass is 1160 g/mol. The molecule has 0 aromatic heterocycles. The summed E-state index contributed by atoms with van der Waals surface area (Å²) < 4.78 is 21.0. The molecular weight excluding hydrogens is 1110 g/mol. The summed E-state index contributed by atoms with van der Waals surface area (Å²) in [6.07, 6.45) is 2.11. The molecule has 5 aromatic carbocycles. The summed E-state index contributed by atoms with van der Waals surface area (Å²) in [5, 5.41) is 39.9. The Morgan fingerprint density at radius 2 is 0.600 bits per heavy atom. The molecule has 0 saturated carbocycles. The Labute approximate surface area is 462 Å². The van der Waals surface area contributed by atoms with Crippen molar-refractivity contribution < 1.29 is 71.7 Å². The number of rotatable bonds is 18. The summed E-state index contributed by atoms with van der Waals surface area (Å²) in [6, 6.07) is 34.5. The molecule has 0 unspecified atom stereocenters. The topological polar surface area (TPSA) is 174 Å². The molecule has 0 N–H and O–H groups in total. The van der Waals surface area contributed by atoms with Crippen molar-refractivity contribution in [3.05, 3.63) is 154 Å². The number of hydrogen-bond acceptors (Lipinski definition) is 8. The number of ether oxygens (including phenoxy) is 4. The Bertz CT molecular complexity index is 1980. The first-order chi connectivity index (χ1) is 32.3. The largest absolute Gasteiger partial charge is 3.00 e. The van der Waals surface area contributed by atoms with Crippen molar-refractivity contribution in [2.75, 3.05) is 26.4 Å². The van der Waals surface area contributed by atoms with Crippen molar-refractivity contribution in [2.24, 2.45) is 0 Å². The quantitative estimate of drug-likeness (QED) is 0.0361. The van der Waals surface area contributed by atoms with E-state index in [1.54, 1.807) is 0 Å². The number of benzene rings is 5. The van der Waals surface area contributed by atoms with E-state index in [9.17, 15) is 19.8 Å². The molecule has 12 nitrogen and oxygen atoms in total. The summed E-state index contributed by atoms with van der Waals surface area (Å²) >= 11 is 28.8. The van der Waals surface area contributed by atoms with Gasteiger partial charge in [0.2, 0.25) is 0 Å². The van der Waals surface area contributed by atoms with Gasteiger partial charge in [-0.3, -0.25) is 9.59 Å². The Balaban J connectivity index is 0. The number of carbonyl (C=O) groups excluding carboxylic acids is 2. The van der Waals surface area contributed by atoms with Crippen LogP contribution in [0.5, 0.6) is 23.0 Å². The van der Waals surface area contributed by atoms with E-state index >= 15 is 0 Å². The van der Waals surface area contributed by atoms with Crippen LogP contribution in [0.15, 0.2) is 133 Å². The van der Waals surface area contributed by atoms with Crippen LogP contribution in [0.3, 0.4) is 0 Å². The van der Waals surface area contributed by atoms with E-state index in [4.69, 9.17) is 110 Å². The fraction of sp³-hybridized carbons (Fsp3) is 0.280. The normalized spacial score (nSPS) is 10.2. The molecule has 5 rings (SSSR count). The number of carbonyl (C=O) groups is 2. The van der Waals surface area contributed by atoms with E-state index < -0.39 is 8.59 Å². The van der Waals surface area contributed by atoms with Crippen molar-refractivity contribution in [2.45, 2.75) is 64.0 Å². The van der Waals surface area contributed by atoms with Crippen LogP contribution in [0.25, 0.3) is 21.3 Å². The van der Waals surface area contributed by atoms with E-state index in [1.165, 1.54) is 27.7 Å². The smallest absolute Gasteiger partial charge is 0.876 e. The summed E-state index contributed by atoms with van der Waals surface area (Å²) in [4.78, 5) is 20.0. The maximum absolute atomic E-state index is 9.98. The van der Waals surface area contributed by atoms with Crippen LogP contribution >= 0.6 is 69.6 Å². The molecule has 384 valence electrons. The van der Waals surface area contributed by atoms with Crippen LogP contribution in [-0.2, 0) is 42.6 Å². The van der Waals surface area contributed by atoms with Crippen molar-refractivity contribution in [1.82, 2.24) is 0 Å². The zero-order valence-electron chi connectivity index (χ0n) is 39.5. The van der Waals surface area contributed by atoms with Gasteiger partial charge in [0, 0.05) is 0 Å². The molecule has 0 spiro atoms. The first-order valence-corrected chi connectivity index (χ1v) is 23.4. The standard InChI is InChI=1S/C38H38N4O4.2C5H8O2.2CHCl3.2Ni/c1-5-43-31-17-9-27(10-18-31)39-35-25-37(41-29-13-21-33(22-14-29)45-7-3)38(42-30-15-23-34(24-16-30)46-8-4)26-36(35)40-28-11-19-32(20-12-28)44-6-2;2*1-4(6)3-5(2)7;2*2-1(3)4;;/h9-26H,5-8H2,1-4H3;2*3,6H,1-2H3;2*1H;;/q-4;;;;;2*+3/p-2/b;2*4-3-;;;;. The fourth-order valence-electron chi connectivity index (χ4n) is 5.18. The maximum Gasteiger partial charge on any atom is 3.00 e. The molecule has 0 atom stereocenters. The summed E-state index contributed by atoms with van der Waals surface area (Å²) in [5.41, 5.74) is 5.62. The van der Waals surface area contributed by atoms with Gasteiger partial charge < -0.3 is 50.4 Å². The van der Waals surface area contributed by atoms with Gasteiger partial charge in [0.1, 0.15) is 23.0 Å². The van der Waals surface area contributed by atoms with Crippen LogP contribution < -0.4 is 29.2 Å². The van der Waals surface area contributed by atoms with Gasteiger partial charge >= 0.3 is 33.0 Å². The van der Waals surface area contributed by atoms with E-state index in [0.29, 0.717) is 49.2 Å². The Morgan fingerprint density at radius 3 is 0.714 bits per heavy atom. The third-order valence-electron chi connectivity index (χ3n) is 7.47. The van der Waals surface area contributed by atoms with Crippen molar-refractivity contribution in [1.29, 1.82) is 0 Å². The molecule has 0 bridgehead atoms. The predicted octanol–water partition coefficient (Wildman–Crippen LogP) is 16.3. The number of nitrogens with zero attached hydrogens (tertiary/aromatic N) is 4. The molecule has 0 aliphatic carbocycles. The minimum atomic E-state index is -0.750.